The van der Waals surface area contributed by atoms with Gasteiger partial charge in [0.25, 0.3) is 0 Å². The monoisotopic (exact) mass is 274 g/mol. The molecule has 1 aromatic rings. The van der Waals surface area contributed by atoms with Crippen molar-refractivity contribution in [3.63, 3.8) is 0 Å². The molecule has 7 heteroatoms. The van der Waals surface area contributed by atoms with E-state index in [0.717, 1.165) is 31.5 Å². The molecule has 19 heavy (non-hydrogen) atoms. The standard InChI is InChI=1S/C12H17F3N4/c1-8-9(5-17-11(18-8)12(13,14)15)6-19-4-2-3-10(16)7-19/h5,10H,2-4,6-7,16H2,1H3. The lowest BCUT2D eigenvalue weighted by atomic mass is 10.1. The lowest BCUT2D eigenvalue weighted by Crippen LogP contribution is -2.42. The third-order valence-electron chi connectivity index (χ3n) is 3.27. The molecule has 2 rings (SSSR count). The van der Waals surface area contributed by atoms with Crippen LogP contribution in [0, 0.1) is 6.92 Å². The average Bonchev–Trinajstić information content (AvgIpc) is 2.30. The number of nitrogens with zero attached hydrogens (tertiary/aromatic N) is 3. The van der Waals surface area contributed by atoms with Crippen LogP contribution in [0.3, 0.4) is 0 Å². The van der Waals surface area contributed by atoms with Crippen LogP contribution in [0.25, 0.3) is 0 Å². The summed E-state index contributed by atoms with van der Waals surface area (Å²) in [5.41, 5.74) is 6.98. The first-order valence-electron chi connectivity index (χ1n) is 6.24. The molecule has 1 atom stereocenters. The van der Waals surface area contributed by atoms with Gasteiger partial charge in [-0.3, -0.25) is 4.90 Å². The van der Waals surface area contributed by atoms with Crippen LogP contribution in [0.4, 0.5) is 13.2 Å². The first-order chi connectivity index (χ1) is 8.86. The molecule has 1 aromatic heterocycles. The number of hydrogen-bond donors (Lipinski definition) is 1. The van der Waals surface area contributed by atoms with E-state index in [1.807, 2.05) is 0 Å². The van der Waals surface area contributed by atoms with Gasteiger partial charge in [0.2, 0.25) is 5.82 Å². The van der Waals surface area contributed by atoms with Crippen molar-refractivity contribution in [3.8, 4) is 0 Å². The summed E-state index contributed by atoms with van der Waals surface area (Å²) in [6, 6.07) is 0.143. The number of alkyl halides is 3. The minimum absolute atomic E-state index is 0.143. The van der Waals surface area contributed by atoms with Crippen LogP contribution in [0.15, 0.2) is 6.20 Å². The maximum Gasteiger partial charge on any atom is 0.451 e. The Balaban J connectivity index is 2.09. The Bertz CT molecular complexity index is 447. The number of piperidine rings is 1. The van der Waals surface area contributed by atoms with Gasteiger partial charge < -0.3 is 5.73 Å². The molecule has 1 aliphatic heterocycles. The van der Waals surface area contributed by atoms with Crippen molar-refractivity contribution in [2.24, 2.45) is 5.73 Å². The number of nitrogens with two attached hydrogens (primary N) is 1. The number of likely N-dealkylation sites (tertiary alicyclic amines) is 1. The summed E-state index contributed by atoms with van der Waals surface area (Å²) in [5, 5.41) is 0. The maximum absolute atomic E-state index is 12.5. The van der Waals surface area contributed by atoms with Crippen LogP contribution in [0.5, 0.6) is 0 Å². The first kappa shape index (κ1) is 14.2. The average molecular weight is 274 g/mol. The van der Waals surface area contributed by atoms with E-state index in [2.05, 4.69) is 14.9 Å². The molecular weight excluding hydrogens is 257 g/mol. The molecule has 106 valence electrons. The molecule has 4 nitrogen and oxygen atoms in total. The SMILES string of the molecule is Cc1nc(C(F)(F)F)ncc1CN1CCCC(N)C1. The predicted octanol–water partition coefficient (Wildman–Crippen LogP) is 1.73. The topological polar surface area (TPSA) is 55.0 Å². The Morgan fingerprint density at radius 3 is 2.79 bits per heavy atom. The summed E-state index contributed by atoms with van der Waals surface area (Å²) >= 11 is 0. The van der Waals surface area contributed by atoms with Crippen LogP contribution in [-0.4, -0.2) is 34.0 Å². The lowest BCUT2D eigenvalue weighted by molar-refractivity contribution is -0.145. The molecule has 0 radical (unpaired) electrons. The van der Waals surface area contributed by atoms with Gasteiger partial charge in [0.15, 0.2) is 0 Å². The highest BCUT2D eigenvalue weighted by Gasteiger charge is 2.34. The van der Waals surface area contributed by atoms with Gasteiger partial charge in [-0.25, -0.2) is 9.97 Å². The number of aryl methyl sites for hydroxylation is 1. The van der Waals surface area contributed by atoms with Gasteiger partial charge >= 0.3 is 6.18 Å². The maximum atomic E-state index is 12.5. The van der Waals surface area contributed by atoms with Crippen molar-refractivity contribution in [2.45, 2.75) is 38.5 Å². The molecule has 1 saturated heterocycles. The zero-order valence-corrected chi connectivity index (χ0v) is 10.7. The van der Waals surface area contributed by atoms with Crippen molar-refractivity contribution in [3.05, 3.63) is 23.3 Å². The van der Waals surface area contributed by atoms with Gasteiger partial charge in [-0.2, -0.15) is 13.2 Å². The second kappa shape index (κ2) is 5.42. The Hall–Kier alpha value is -1.21. The summed E-state index contributed by atoms with van der Waals surface area (Å²) in [4.78, 5) is 9.07. The zero-order valence-electron chi connectivity index (χ0n) is 10.7. The van der Waals surface area contributed by atoms with E-state index in [0.29, 0.717) is 12.2 Å². The van der Waals surface area contributed by atoms with Crippen LogP contribution < -0.4 is 5.73 Å². The molecule has 0 amide bonds. The second-order valence-corrected chi connectivity index (χ2v) is 4.94. The third-order valence-corrected chi connectivity index (χ3v) is 3.27. The minimum atomic E-state index is -4.49. The van der Waals surface area contributed by atoms with E-state index >= 15 is 0 Å². The molecule has 2 heterocycles. The van der Waals surface area contributed by atoms with Gasteiger partial charge in [-0.05, 0) is 26.3 Å². The molecule has 1 aliphatic rings. The summed E-state index contributed by atoms with van der Waals surface area (Å²) in [7, 11) is 0. The fourth-order valence-corrected chi connectivity index (χ4v) is 2.26. The molecule has 1 unspecified atom stereocenters. The summed E-state index contributed by atoms with van der Waals surface area (Å²) in [6.07, 6.45) is -1.21. The Morgan fingerprint density at radius 1 is 1.47 bits per heavy atom. The van der Waals surface area contributed by atoms with Crippen molar-refractivity contribution in [2.75, 3.05) is 13.1 Å². The Morgan fingerprint density at radius 2 is 2.21 bits per heavy atom. The number of aromatic nitrogens is 2. The Labute approximate surface area is 109 Å². The van der Waals surface area contributed by atoms with Crippen LogP contribution >= 0.6 is 0 Å². The molecule has 0 aromatic carbocycles. The van der Waals surface area contributed by atoms with E-state index in [1.54, 1.807) is 6.92 Å². The van der Waals surface area contributed by atoms with E-state index in [1.165, 1.54) is 6.20 Å². The highest BCUT2D eigenvalue weighted by Crippen LogP contribution is 2.26. The molecule has 2 N–H and O–H groups in total. The zero-order chi connectivity index (χ0) is 14.0. The highest BCUT2D eigenvalue weighted by molar-refractivity contribution is 5.17. The van der Waals surface area contributed by atoms with Gasteiger partial charge in [-0.15, -0.1) is 0 Å². The lowest BCUT2D eigenvalue weighted by Gasteiger charge is -2.30. The van der Waals surface area contributed by atoms with E-state index in [4.69, 9.17) is 5.73 Å². The second-order valence-electron chi connectivity index (χ2n) is 4.94. The van der Waals surface area contributed by atoms with E-state index < -0.39 is 12.0 Å². The molecule has 0 aliphatic carbocycles. The largest absolute Gasteiger partial charge is 0.451 e. The van der Waals surface area contributed by atoms with Gasteiger partial charge in [-0.1, -0.05) is 0 Å². The predicted molar refractivity (Wildman–Crippen MR) is 64.3 cm³/mol. The van der Waals surface area contributed by atoms with Crippen molar-refractivity contribution >= 4 is 0 Å². The number of rotatable bonds is 2. The van der Waals surface area contributed by atoms with Gasteiger partial charge in [0.1, 0.15) is 0 Å². The minimum Gasteiger partial charge on any atom is -0.327 e. The van der Waals surface area contributed by atoms with Crippen molar-refractivity contribution < 1.29 is 13.2 Å². The third kappa shape index (κ3) is 3.63. The molecule has 0 saturated carbocycles. The van der Waals surface area contributed by atoms with Crippen LogP contribution in [0.2, 0.25) is 0 Å². The molecule has 0 spiro atoms. The first-order valence-corrected chi connectivity index (χ1v) is 6.24. The van der Waals surface area contributed by atoms with Crippen LogP contribution in [0.1, 0.15) is 29.9 Å². The van der Waals surface area contributed by atoms with Crippen molar-refractivity contribution in [1.29, 1.82) is 0 Å². The number of hydrogen-bond acceptors (Lipinski definition) is 4. The molecular formula is C12H17F3N4. The van der Waals surface area contributed by atoms with Gasteiger partial charge in [0.05, 0.1) is 0 Å². The Kier molecular flexibility index (Phi) is 4.05. The smallest absolute Gasteiger partial charge is 0.327 e. The van der Waals surface area contributed by atoms with Gasteiger partial charge in [0, 0.05) is 36.6 Å². The van der Waals surface area contributed by atoms with E-state index in [-0.39, 0.29) is 6.04 Å². The van der Waals surface area contributed by atoms with E-state index in [9.17, 15) is 13.2 Å². The fraction of sp³-hybridized carbons (Fsp3) is 0.667. The van der Waals surface area contributed by atoms with Crippen molar-refractivity contribution in [1.82, 2.24) is 14.9 Å². The fourth-order valence-electron chi connectivity index (χ4n) is 2.26. The van der Waals surface area contributed by atoms with Crippen LogP contribution in [-0.2, 0) is 12.7 Å². The summed E-state index contributed by atoms with van der Waals surface area (Å²) < 4.78 is 37.4. The number of halogens is 3. The quantitative estimate of drug-likeness (QED) is 0.892. The normalized spacial score (nSPS) is 21.6. The highest BCUT2D eigenvalue weighted by atomic mass is 19.4. The molecule has 1 fully saturated rings. The molecule has 0 bridgehead atoms. The summed E-state index contributed by atoms with van der Waals surface area (Å²) in [6.45, 7) is 3.81. The summed E-state index contributed by atoms with van der Waals surface area (Å²) in [5.74, 6) is -1.08.